The molecule has 0 amide bonds. The first-order valence-electron chi connectivity index (χ1n) is 6.69. The molecule has 0 aromatic carbocycles. The third-order valence-corrected chi connectivity index (χ3v) is 6.74. The normalized spacial score (nSPS) is 17.8. The lowest BCUT2D eigenvalue weighted by atomic mass is 10.0. The summed E-state index contributed by atoms with van der Waals surface area (Å²) in [6.45, 7) is 3.61. The number of aliphatic hydroxyl groups is 1. The molecule has 1 saturated heterocycles. The SMILES string of the molecule is Cc1sc(CO)cc1S(=O)(=O)N(C)CC1CCOCC1. The summed E-state index contributed by atoms with van der Waals surface area (Å²) >= 11 is 1.33. The molecule has 1 aliphatic heterocycles. The maximum Gasteiger partial charge on any atom is 0.243 e. The van der Waals surface area contributed by atoms with Crippen LogP contribution in [0.15, 0.2) is 11.0 Å². The maximum absolute atomic E-state index is 12.6. The van der Waals surface area contributed by atoms with Crippen LogP contribution < -0.4 is 0 Å². The van der Waals surface area contributed by atoms with Gasteiger partial charge in [-0.3, -0.25) is 0 Å². The fourth-order valence-electron chi connectivity index (χ4n) is 2.42. The van der Waals surface area contributed by atoms with E-state index in [-0.39, 0.29) is 6.61 Å². The first-order chi connectivity index (χ1) is 9.45. The van der Waals surface area contributed by atoms with Crippen molar-refractivity contribution >= 4 is 21.4 Å². The summed E-state index contributed by atoms with van der Waals surface area (Å²) in [5, 5.41) is 9.13. The summed E-state index contributed by atoms with van der Waals surface area (Å²) < 4.78 is 31.9. The number of ether oxygens (including phenoxy) is 1. The van der Waals surface area contributed by atoms with Crippen LogP contribution in [0.5, 0.6) is 0 Å². The van der Waals surface area contributed by atoms with Crippen LogP contribution in [0.1, 0.15) is 22.6 Å². The lowest BCUT2D eigenvalue weighted by Gasteiger charge is -2.26. The van der Waals surface area contributed by atoms with Crippen LogP contribution in [0.3, 0.4) is 0 Å². The second-order valence-corrected chi connectivity index (χ2v) is 8.49. The minimum Gasteiger partial charge on any atom is -0.391 e. The minimum atomic E-state index is -3.47. The summed E-state index contributed by atoms with van der Waals surface area (Å²) in [5.74, 6) is 0.361. The number of thiophene rings is 1. The molecule has 114 valence electrons. The van der Waals surface area contributed by atoms with E-state index in [1.54, 1.807) is 20.0 Å². The van der Waals surface area contributed by atoms with Gasteiger partial charge in [0.15, 0.2) is 0 Å². The second-order valence-electron chi connectivity index (χ2n) is 5.13. The molecule has 1 aliphatic rings. The molecule has 0 unspecified atom stereocenters. The Morgan fingerprint density at radius 3 is 2.65 bits per heavy atom. The van der Waals surface area contributed by atoms with E-state index in [2.05, 4.69) is 0 Å². The first kappa shape index (κ1) is 15.9. The van der Waals surface area contributed by atoms with Crippen molar-refractivity contribution in [3.63, 3.8) is 0 Å². The molecule has 2 heterocycles. The van der Waals surface area contributed by atoms with Crippen LogP contribution in [0.2, 0.25) is 0 Å². The van der Waals surface area contributed by atoms with Crippen LogP contribution in [0.4, 0.5) is 0 Å². The number of sulfonamides is 1. The van der Waals surface area contributed by atoms with Gasteiger partial charge in [-0.25, -0.2) is 12.7 Å². The molecular weight excluding hydrogens is 298 g/mol. The van der Waals surface area contributed by atoms with Gasteiger partial charge in [0, 0.05) is 36.6 Å². The third kappa shape index (κ3) is 3.40. The number of hydrogen-bond donors (Lipinski definition) is 1. The number of hydrogen-bond acceptors (Lipinski definition) is 5. The zero-order valence-electron chi connectivity index (χ0n) is 11.8. The quantitative estimate of drug-likeness (QED) is 0.895. The summed E-state index contributed by atoms with van der Waals surface area (Å²) in [5.41, 5.74) is 0. The molecule has 1 aromatic rings. The molecule has 0 saturated carbocycles. The van der Waals surface area contributed by atoms with E-state index < -0.39 is 10.0 Å². The molecule has 1 fully saturated rings. The standard InChI is InChI=1S/C13H21NO4S2/c1-10-13(7-12(9-15)19-10)20(16,17)14(2)8-11-3-5-18-6-4-11/h7,11,15H,3-6,8-9H2,1-2H3. The minimum absolute atomic E-state index is 0.120. The zero-order chi connectivity index (χ0) is 14.8. The van der Waals surface area contributed by atoms with Crippen LogP contribution >= 0.6 is 11.3 Å². The Hall–Kier alpha value is -0.470. The van der Waals surface area contributed by atoms with E-state index in [1.807, 2.05) is 0 Å². The molecule has 0 aliphatic carbocycles. The van der Waals surface area contributed by atoms with Crippen molar-refractivity contribution in [3.8, 4) is 0 Å². The first-order valence-corrected chi connectivity index (χ1v) is 8.95. The van der Waals surface area contributed by atoms with Gasteiger partial charge in [-0.2, -0.15) is 0 Å². The zero-order valence-corrected chi connectivity index (χ0v) is 13.5. The Bertz CT molecular complexity index is 547. The van der Waals surface area contributed by atoms with E-state index in [0.29, 0.717) is 35.4 Å². The largest absolute Gasteiger partial charge is 0.391 e. The molecule has 0 radical (unpaired) electrons. The van der Waals surface area contributed by atoms with Crippen molar-refractivity contribution in [1.29, 1.82) is 0 Å². The van der Waals surface area contributed by atoms with Crippen LogP contribution in [-0.2, 0) is 21.4 Å². The lowest BCUT2D eigenvalue weighted by molar-refractivity contribution is 0.0620. The predicted molar refractivity (Wildman–Crippen MR) is 78.3 cm³/mol. The monoisotopic (exact) mass is 319 g/mol. The van der Waals surface area contributed by atoms with Gasteiger partial charge < -0.3 is 9.84 Å². The summed E-state index contributed by atoms with van der Waals surface area (Å²) in [6.07, 6.45) is 1.81. The average molecular weight is 319 g/mol. The molecule has 20 heavy (non-hydrogen) atoms. The van der Waals surface area contributed by atoms with Crippen molar-refractivity contribution in [2.75, 3.05) is 26.8 Å². The van der Waals surface area contributed by atoms with Crippen LogP contribution in [0.25, 0.3) is 0 Å². The average Bonchev–Trinajstić information content (AvgIpc) is 2.82. The molecule has 1 aromatic heterocycles. The van der Waals surface area contributed by atoms with Crippen molar-refractivity contribution in [3.05, 3.63) is 15.8 Å². The number of rotatable bonds is 5. The molecule has 1 N–H and O–H groups in total. The number of nitrogens with zero attached hydrogens (tertiary/aromatic N) is 1. The molecule has 7 heteroatoms. The Morgan fingerprint density at radius 1 is 1.45 bits per heavy atom. The lowest BCUT2D eigenvalue weighted by Crippen LogP contribution is -2.34. The second kappa shape index (κ2) is 6.53. The molecule has 0 bridgehead atoms. The fourth-order valence-corrected chi connectivity index (χ4v) is 5.12. The highest BCUT2D eigenvalue weighted by atomic mass is 32.2. The molecule has 2 rings (SSSR count). The topological polar surface area (TPSA) is 66.8 Å². The van der Waals surface area contributed by atoms with Gasteiger partial charge in [0.25, 0.3) is 0 Å². The molecular formula is C13H21NO4S2. The van der Waals surface area contributed by atoms with Gasteiger partial charge in [-0.1, -0.05) is 0 Å². The highest BCUT2D eigenvalue weighted by Crippen LogP contribution is 2.28. The highest BCUT2D eigenvalue weighted by molar-refractivity contribution is 7.89. The van der Waals surface area contributed by atoms with Gasteiger partial charge in [0.05, 0.1) is 11.5 Å². The van der Waals surface area contributed by atoms with Crippen LogP contribution in [-0.4, -0.2) is 44.6 Å². The Balaban J connectivity index is 2.13. The van der Waals surface area contributed by atoms with Gasteiger partial charge in [0.1, 0.15) is 0 Å². The van der Waals surface area contributed by atoms with Gasteiger partial charge in [-0.15, -0.1) is 11.3 Å². The Morgan fingerprint density at radius 2 is 2.10 bits per heavy atom. The Labute approximate surface area is 124 Å². The van der Waals surface area contributed by atoms with Gasteiger partial charge >= 0.3 is 0 Å². The van der Waals surface area contributed by atoms with E-state index in [4.69, 9.17) is 9.84 Å². The third-order valence-electron chi connectivity index (χ3n) is 3.62. The highest BCUT2D eigenvalue weighted by Gasteiger charge is 2.27. The summed E-state index contributed by atoms with van der Waals surface area (Å²) in [7, 11) is -1.84. The number of aliphatic hydroxyl groups excluding tert-OH is 1. The van der Waals surface area contributed by atoms with E-state index in [0.717, 1.165) is 17.7 Å². The van der Waals surface area contributed by atoms with E-state index in [9.17, 15) is 8.42 Å². The van der Waals surface area contributed by atoms with Crippen molar-refractivity contribution < 1.29 is 18.3 Å². The predicted octanol–water partition coefficient (Wildman–Crippen LogP) is 1.60. The van der Waals surface area contributed by atoms with Gasteiger partial charge in [0.2, 0.25) is 10.0 Å². The molecule has 0 atom stereocenters. The molecule has 5 nitrogen and oxygen atoms in total. The smallest absolute Gasteiger partial charge is 0.243 e. The van der Waals surface area contributed by atoms with Crippen molar-refractivity contribution in [1.82, 2.24) is 4.31 Å². The fraction of sp³-hybridized carbons (Fsp3) is 0.692. The van der Waals surface area contributed by atoms with Crippen molar-refractivity contribution in [2.24, 2.45) is 5.92 Å². The van der Waals surface area contributed by atoms with Gasteiger partial charge in [-0.05, 0) is 31.7 Å². The van der Waals surface area contributed by atoms with E-state index in [1.165, 1.54) is 15.6 Å². The summed E-state index contributed by atoms with van der Waals surface area (Å²) in [4.78, 5) is 1.73. The van der Waals surface area contributed by atoms with Crippen molar-refractivity contribution in [2.45, 2.75) is 31.3 Å². The maximum atomic E-state index is 12.6. The van der Waals surface area contributed by atoms with Crippen LogP contribution in [0, 0.1) is 12.8 Å². The molecule has 0 spiro atoms. The summed E-state index contributed by atoms with van der Waals surface area (Å²) in [6, 6.07) is 1.58. The van der Waals surface area contributed by atoms with E-state index >= 15 is 0 Å². The number of aryl methyl sites for hydroxylation is 1. The Kier molecular flexibility index (Phi) is 5.19.